The van der Waals surface area contributed by atoms with Gasteiger partial charge in [-0.05, 0) is 19.3 Å². The second-order valence-corrected chi connectivity index (χ2v) is 3.51. The Morgan fingerprint density at radius 1 is 1.27 bits per heavy atom. The van der Waals surface area contributed by atoms with Gasteiger partial charge in [-0.25, -0.2) is 0 Å². The molecule has 0 amide bonds. The number of aliphatic hydroxyl groups excluding tert-OH is 1. The maximum absolute atomic E-state index is 8.80. The Morgan fingerprint density at radius 3 is 2.09 bits per heavy atom. The van der Waals surface area contributed by atoms with E-state index in [1.165, 1.54) is 0 Å². The Balaban J connectivity index is 3.68. The van der Waals surface area contributed by atoms with Crippen molar-refractivity contribution in [3.05, 3.63) is 0 Å². The van der Waals surface area contributed by atoms with Crippen LogP contribution in [0.1, 0.15) is 34.1 Å². The Kier molecular flexibility index (Phi) is 5.51. The topological polar surface area (TPSA) is 32.3 Å². The average molecular weight is 159 g/mol. The lowest BCUT2D eigenvalue weighted by molar-refractivity contribution is 0.227. The number of nitrogens with one attached hydrogen (secondary N) is 1. The summed E-state index contributed by atoms with van der Waals surface area (Å²) >= 11 is 0. The van der Waals surface area contributed by atoms with Crippen LogP contribution in [-0.4, -0.2) is 23.8 Å². The first kappa shape index (κ1) is 10.9. The molecule has 0 aromatic heterocycles. The third-order valence-electron chi connectivity index (χ3n) is 2.02. The zero-order chi connectivity index (χ0) is 8.85. The molecule has 68 valence electrons. The number of hydrogen-bond donors (Lipinski definition) is 2. The van der Waals surface area contributed by atoms with E-state index in [1.54, 1.807) is 0 Å². The predicted octanol–water partition coefficient (Wildman–Crippen LogP) is 1.39. The van der Waals surface area contributed by atoms with Crippen molar-refractivity contribution in [3.8, 4) is 0 Å². The van der Waals surface area contributed by atoms with E-state index in [9.17, 15) is 0 Å². The minimum Gasteiger partial charge on any atom is -0.395 e. The van der Waals surface area contributed by atoms with Gasteiger partial charge in [0.1, 0.15) is 0 Å². The molecule has 0 aliphatic heterocycles. The van der Waals surface area contributed by atoms with Gasteiger partial charge in [0, 0.05) is 12.1 Å². The fraction of sp³-hybridized carbons (Fsp3) is 1.00. The summed E-state index contributed by atoms with van der Waals surface area (Å²) in [6.45, 7) is 8.80. The van der Waals surface area contributed by atoms with Gasteiger partial charge in [-0.2, -0.15) is 0 Å². The summed E-state index contributed by atoms with van der Waals surface area (Å²) < 4.78 is 0. The quantitative estimate of drug-likeness (QED) is 0.635. The molecule has 0 fully saturated rings. The molecule has 0 saturated heterocycles. The molecule has 2 N–H and O–H groups in total. The highest BCUT2D eigenvalue weighted by Gasteiger charge is 2.12. The Bertz CT molecular complexity index is 93.6. The van der Waals surface area contributed by atoms with Crippen molar-refractivity contribution < 1.29 is 5.11 Å². The summed E-state index contributed by atoms with van der Waals surface area (Å²) in [7, 11) is 0. The van der Waals surface area contributed by atoms with Crippen LogP contribution in [0.25, 0.3) is 0 Å². The van der Waals surface area contributed by atoms with E-state index in [2.05, 4.69) is 26.1 Å². The maximum Gasteiger partial charge on any atom is 0.0582 e. The Labute approximate surface area is 70.0 Å². The van der Waals surface area contributed by atoms with Crippen molar-refractivity contribution in [1.29, 1.82) is 0 Å². The van der Waals surface area contributed by atoms with Crippen molar-refractivity contribution >= 4 is 0 Å². The molecule has 0 spiro atoms. The summed E-state index contributed by atoms with van der Waals surface area (Å²) in [4.78, 5) is 0. The molecule has 2 heteroatoms. The van der Waals surface area contributed by atoms with Gasteiger partial charge in [0.25, 0.3) is 0 Å². The smallest absolute Gasteiger partial charge is 0.0582 e. The van der Waals surface area contributed by atoms with Gasteiger partial charge in [0.05, 0.1) is 6.61 Å². The Hall–Kier alpha value is -0.0800. The normalized spacial score (nSPS) is 16.9. The highest BCUT2D eigenvalue weighted by molar-refractivity contribution is 4.72. The predicted molar refractivity (Wildman–Crippen MR) is 48.6 cm³/mol. The number of aliphatic hydroxyl groups is 1. The van der Waals surface area contributed by atoms with Crippen molar-refractivity contribution in [2.45, 2.75) is 46.2 Å². The molecule has 0 bridgehead atoms. The molecule has 0 unspecified atom stereocenters. The van der Waals surface area contributed by atoms with Crippen LogP contribution in [0, 0.1) is 5.92 Å². The lowest BCUT2D eigenvalue weighted by Gasteiger charge is -2.24. The highest BCUT2D eigenvalue weighted by atomic mass is 16.3. The molecule has 0 heterocycles. The van der Waals surface area contributed by atoms with Gasteiger partial charge in [-0.1, -0.05) is 20.8 Å². The van der Waals surface area contributed by atoms with Crippen molar-refractivity contribution in [2.75, 3.05) is 6.61 Å². The molecule has 11 heavy (non-hydrogen) atoms. The summed E-state index contributed by atoms with van der Waals surface area (Å²) in [5.74, 6) is 0.647. The number of rotatable bonds is 5. The first-order chi connectivity index (χ1) is 5.11. The van der Waals surface area contributed by atoms with Gasteiger partial charge >= 0.3 is 0 Å². The third-order valence-corrected chi connectivity index (χ3v) is 2.02. The third kappa shape index (κ3) is 4.38. The highest BCUT2D eigenvalue weighted by Crippen LogP contribution is 2.05. The molecule has 2 nitrogen and oxygen atoms in total. The van der Waals surface area contributed by atoms with E-state index in [1.807, 2.05) is 6.92 Å². The van der Waals surface area contributed by atoms with Gasteiger partial charge in [0.15, 0.2) is 0 Å². The molecule has 0 aromatic rings. The Morgan fingerprint density at radius 2 is 1.82 bits per heavy atom. The summed E-state index contributed by atoms with van der Waals surface area (Å²) in [5, 5.41) is 12.2. The first-order valence-electron chi connectivity index (χ1n) is 4.48. The van der Waals surface area contributed by atoms with Crippen molar-refractivity contribution in [1.82, 2.24) is 5.32 Å². The zero-order valence-electron chi connectivity index (χ0n) is 8.09. The van der Waals surface area contributed by atoms with Crippen LogP contribution in [0.2, 0.25) is 0 Å². The minimum absolute atomic E-state index is 0.224. The molecule has 2 atom stereocenters. The van der Waals surface area contributed by atoms with E-state index in [0.29, 0.717) is 12.0 Å². The van der Waals surface area contributed by atoms with E-state index >= 15 is 0 Å². The van der Waals surface area contributed by atoms with Crippen LogP contribution < -0.4 is 5.32 Å². The van der Waals surface area contributed by atoms with Crippen molar-refractivity contribution in [3.63, 3.8) is 0 Å². The standard InChI is InChI=1S/C9H21NO/c1-5-9(7(2)3)10-8(4)6-11/h7-11H,5-6H2,1-4H3/t8-,9+/m1/s1. The first-order valence-corrected chi connectivity index (χ1v) is 4.48. The molecule has 0 radical (unpaired) electrons. The fourth-order valence-electron chi connectivity index (χ4n) is 1.20. The minimum atomic E-state index is 0.224. The maximum atomic E-state index is 8.80. The van der Waals surface area contributed by atoms with E-state index in [0.717, 1.165) is 6.42 Å². The van der Waals surface area contributed by atoms with Crippen LogP contribution in [0.15, 0.2) is 0 Å². The van der Waals surface area contributed by atoms with Gasteiger partial charge in [0.2, 0.25) is 0 Å². The molecule has 0 rings (SSSR count). The molecule has 0 saturated carbocycles. The van der Waals surface area contributed by atoms with Crippen LogP contribution >= 0.6 is 0 Å². The van der Waals surface area contributed by atoms with Crippen LogP contribution in [0.4, 0.5) is 0 Å². The summed E-state index contributed by atoms with van der Waals surface area (Å²) in [5.41, 5.74) is 0. The molecular formula is C9H21NO. The molecule has 0 aliphatic rings. The number of hydrogen-bond acceptors (Lipinski definition) is 2. The summed E-state index contributed by atoms with van der Waals surface area (Å²) in [6.07, 6.45) is 1.13. The fourth-order valence-corrected chi connectivity index (χ4v) is 1.20. The van der Waals surface area contributed by atoms with Gasteiger partial charge < -0.3 is 10.4 Å². The lowest BCUT2D eigenvalue weighted by atomic mass is 10.0. The largest absolute Gasteiger partial charge is 0.395 e. The second-order valence-electron chi connectivity index (χ2n) is 3.51. The molecule has 0 aromatic carbocycles. The average Bonchev–Trinajstić information content (AvgIpc) is 1.99. The van der Waals surface area contributed by atoms with E-state index < -0.39 is 0 Å². The van der Waals surface area contributed by atoms with Crippen LogP contribution in [0.5, 0.6) is 0 Å². The van der Waals surface area contributed by atoms with Crippen LogP contribution in [0.3, 0.4) is 0 Å². The zero-order valence-corrected chi connectivity index (χ0v) is 8.09. The van der Waals surface area contributed by atoms with Crippen LogP contribution in [-0.2, 0) is 0 Å². The monoisotopic (exact) mass is 159 g/mol. The SMILES string of the molecule is CC[C@H](N[C@H](C)CO)C(C)C. The van der Waals surface area contributed by atoms with Gasteiger partial charge in [-0.3, -0.25) is 0 Å². The molecular weight excluding hydrogens is 138 g/mol. The van der Waals surface area contributed by atoms with Crippen molar-refractivity contribution in [2.24, 2.45) is 5.92 Å². The van der Waals surface area contributed by atoms with Gasteiger partial charge in [-0.15, -0.1) is 0 Å². The van der Waals surface area contributed by atoms with E-state index in [-0.39, 0.29) is 12.6 Å². The van der Waals surface area contributed by atoms with E-state index in [4.69, 9.17) is 5.11 Å². The second kappa shape index (κ2) is 5.56. The lowest BCUT2D eigenvalue weighted by Crippen LogP contribution is -2.41. The summed E-state index contributed by atoms with van der Waals surface area (Å²) in [6, 6.07) is 0.763. The molecule has 0 aliphatic carbocycles.